The van der Waals surface area contributed by atoms with Gasteiger partial charge in [-0.1, -0.05) is 6.07 Å². The van der Waals surface area contributed by atoms with Gasteiger partial charge in [0.2, 0.25) is 0 Å². The lowest BCUT2D eigenvalue weighted by Gasteiger charge is -2.33. The number of piperazine rings is 1. The Morgan fingerprint density at radius 1 is 1.42 bits per heavy atom. The Labute approximate surface area is 135 Å². The van der Waals surface area contributed by atoms with Crippen LogP contribution in [0.25, 0.3) is 0 Å². The molecule has 1 atom stereocenters. The Morgan fingerprint density at radius 3 is 2.79 bits per heavy atom. The summed E-state index contributed by atoms with van der Waals surface area (Å²) in [5.74, 6) is -0.190. The first-order valence-corrected chi connectivity index (χ1v) is 6.85. The van der Waals surface area contributed by atoms with Crippen molar-refractivity contribution in [3.8, 4) is 0 Å². The van der Waals surface area contributed by atoms with E-state index >= 15 is 0 Å². The van der Waals surface area contributed by atoms with Gasteiger partial charge in [0.15, 0.2) is 0 Å². The first kappa shape index (κ1) is 19.1. The van der Waals surface area contributed by atoms with Crippen molar-refractivity contribution >= 4 is 40.7 Å². The fraction of sp³-hybridized carbons (Fsp3) is 0.538. The topological polar surface area (TPSA) is 15.3 Å². The molecule has 1 aromatic rings. The minimum atomic E-state index is -0.190. The Kier molecular flexibility index (Phi) is 9.20. The standard InChI is InChI=1S/C13H18BrFN2.2ClH/c1-10-9-16-5-7-17(10)6-4-11-2-3-13(15)12(14)8-11;;/h2-3,8,10,16H,4-7,9H2,1H3;2*1H/t10-;;/m0../s1. The van der Waals surface area contributed by atoms with Crippen LogP contribution in [0.5, 0.6) is 0 Å². The summed E-state index contributed by atoms with van der Waals surface area (Å²) in [5, 5.41) is 3.38. The van der Waals surface area contributed by atoms with Crippen molar-refractivity contribution < 1.29 is 4.39 Å². The number of benzene rings is 1. The maximum atomic E-state index is 13.1. The average Bonchev–Trinajstić information content (AvgIpc) is 2.32. The van der Waals surface area contributed by atoms with E-state index in [1.54, 1.807) is 0 Å². The molecule has 0 spiro atoms. The second-order valence-electron chi connectivity index (χ2n) is 4.59. The molecule has 0 aliphatic carbocycles. The predicted octanol–water partition coefficient (Wildman–Crippen LogP) is 3.27. The molecule has 0 saturated carbocycles. The van der Waals surface area contributed by atoms with Crippen LogP contribution >= 0.6 is 40.7 Å². The molecule has 1 aromatic carbocycles. The number of halogens is 4. The molecule has 0 unspecified atom stereocenters. The van der Waals surface area contributed by atoms with Crippen LogP contribution in [0.1, 0.15) is 12.5 Å². The molecule has 1 fully saturated rings. The highest BCUT2D eigenvalue weighted by atomic mass is 79.9. The van der Waals surface area contributed by atoms with Crippen LogP contribution in [-0.2, 0) is 6.42 Å². The first-order chi connectivity index (χ1) is 8.16. The summed E-state index contributed by atoms with van der Waals surface area (Å²) in [6.45, 7) is 6.52. The second-order valence-corrected chi connectivity index (χ2v) is 5.44. The summed E-state index contributed by atoms with van der Waals surface area (Å²) in [7, 11) is 0. The summed E-state index contributed by atoms with van der Waals surface area (Å²) in [4.78, 5) is 2.48. The van der Waals surface area contributed by atoms with Gasteiger partial charge in [-0.15, -0.1) is 24.8 Å². The summed E-state index contributed by atoms with van der Waals surface area (Å²) >= 11 is 3.23. The lowest BCUT2D eigenvalue weighted by Crippen LogP contribution is -2.50. The SMILES string of the molecule is C[C@H]1CNCCN1CCc1ccc(F)c(Br)c1.Cl.Cl. The Morgan fingerprint density at radius 2 is 2.16 bits per heavy atom. The van der Waals surface area contributed by atoms with E-state index in [4.69, 9.17) is 0 Å². The quantitative estimate of drug-likeness (QED) is 0.874. The molecule has 1 saturated heterocycles. The van der Waals surface area contributed by atoms with Crippen LogP contribution in [0.15, 0.2) is 22.7 Å². The van der Waals surface area contributed by atoms with E-state index in [0.29, 0.717) is 10.5 Å². The van der Waals surface area contributed by atoms with Crippen LogP contribution in [0, 0.1) is 5.82 Å². The Hall–Kier alpha value is 0.130. The van der Waals surface area contributed by atoms with E-state index in [9.17, 15) is 4.39 Å². The van der Waals surface area contributed by atoms with Crippen molar-refractivity contribution in [1.82, 2.24) is 10.2 Å². The lowest BCUT2D eigenvalue weighted by molar-refractivity contribution is 0.176. The zero-order valence-corrected chi connectivity index (χ0v) is 14.1. The lowest BCUT2D eigenvalue weighted by atomic mass is 10.1. The predicted molar refractivity (Wildman–Crippen MR) is 86.2 cm³/mol. The van der Waals surface area contributed by atoms with Crippen LogP contribution in [0.2, 0.25) is 0 Å². The highest BCUT2D eigenvalue weighted by Gasteiger charge is 2.17. The van der Waals surface area contributed by atoms with Crippen molar-refractivity contribution in [2.24, 2.45) is 0 Å². The largest absolute Gasteiger partial charge is 0.314 e. The number of nitrogens with zero attached hydrogens (tertiary/aromatic N) is 1. The van der Waals surface area contributed by atoms with E-state index in [2.05, 4.69) is 33.1 Å². The molecule has 1 N–H and O–H groups in total. The molecule has 2 nitrogen and oxygen atoms in total. The first-order valence-electron chi connectivity index (χ1n) is 6.05. The second kappa shape index (κ2) is 9.14. The summed E-state index contributed by atoms with van der Waals surface area (Å²) in [5.41, 5.74) is 1.18. The van der Waals surface area contributed by atoms with E-state index in [1.807, 2.05) is 12.1 Å². The molecule has 19 heavy (non-hydrogen) atoms. The molecule has 2 rings (SSSR count). The molecule has 110 valence electrons. The van der Waals surface area contributed by atoms with Gasteiger partial charge in [0.05, 0.1) is 4.47 Å². The van der Waals surface area contributed by atoms with Gasteiger partial charge in [-0.2, -0.15) is 0 Å². The van der Waals surface area contributed by atoms with Gasteiger partial charge < -0.3 is 5.32 Å². The molecule has 0 aromatic heterocycles. The fourth-order valence-corrected chi connectivity index (χ4v) is 2.61. The molecule has 1 aliphatic rings. The Bertz CT molecular complexity index is 393. The smallest absolute Gasteiger partial charge is 0.137 e. The highest BCUT2D eigenvalue weighted by Crippen LogP contribution is 2.17. The van der Waals surface area contributed by atoms with Crippen molar-refractivity contribution in [2.45, 2.75) is 19.4 Å². The molecule has 0 bridgehead atoms. The number of nitrogens with one attached hydrogen (secondary N) is 1. The van der Waals surface area contributed by atoms with Crippen molar-refractivity contribution in [2.75, 3.05) is 26.2 Å². The normalized spacial score (nSPS) is 19.4. The maximum absolute atomic E-state index is 13.1. The van der Waals surface area contributed by atoms with Crippen molar-refractivity contribution in [3.63, 3.8) is 0 Å². The third kappa shape index (κ3) is 5.56. The number of rotatable bonds is 3. The van der Waals surface area contributed by atoms with Gasteiger partial charge in [0.1, 0.15) is 5.82 Å². The van der Waals surface area contributed by atoms with Gasteiger partial charge in [0.25, 0.3) is 0 Å². The molecule has 0 radical (unpaired) electrons. The molecular weight excluding hydrogens is 354 g/mol. The summed E-state index contributed by atoms with van der Waals surface area (Å²) < 4.78 is 13.6. The van der Waals surface area contributed by atoms with Crippen molar-refractivity contribution in [3.05, 3.63) is 34.1 Å². The van der Waals surface area contributed by atoms with Crippen LogP contribution in [-0.4, -0.2) is 37.1 Å². The highest BCUT2D eigenvalue weighted by molar-refractivity contribution is 9.10. The molecule has 6 heteroatoms. The van der Waals surface area contributed by atoms with Gasteiger partial charge in [-0.05, 0) is 47.0 Å². The molecule has 1 heterocycles. The van der Waals surface area contributed by atoms with Crippen LogP contribution in [0.4, 0.5) is 4.39 Å². The third-order valence-electron chi connectivity index (χ3n) is 3.31. The fourth-order valence-electron chi connectivity index (χ4n) is 2.18. The summed E-state index contributed by atoms with van der Waals surface area (Å²) in [6.07, 6.45) is 0.975. The zero-order valence-electron chi connectivity index (χ0n) is 10.9. The zero-order chi connectivity index (χ0) is 12.3. The van der Waals surface area contributed by atoms with E-state index in [0.717, 1.165) is 32.6 Å². The monoisotopic (exact) mass is 372 g/mol. The minimum Gasteiger partial charge on any atom is -0.314 e. The van der Waals surface area contributed by atoms with Gasteiger partial charge in [0, 0.05) is 32.2 Å². The molecule has 1 aliphatic heterocycles. The van der Waals surface area contributed by atoms with Crippen LogP contribution in [0.3, 0.4) is 0 Å². The molecular formula is C13H20BrCl2FN2. The minimum absolute atomic E-state index is 0. The van der Waals surface area contributed by atoms with E-state index < -0.39 is 0 Å². The summed E-state index contributed by atoms with van der Waals surface area (Å²) in [6, 6.07) is 5.86. The van der Waals surface area contributed by atoms with Gasteiger partial charge in [-0.3, -0.25) is 4.90 Å². The molecule has 0 amide bonds. The van der Waals surface area contributed by atoms with E-state index in [1.165, 1.54) is 11.6 Å². The maximum Gasteiger partial charge on any atom is 0.137 e. The van der Waals surface area contributed by atoms with E-state index in [-0.39, 0.29) is 30.6 Å². The van der Waals surface area contributed by atoms with Gasteiger partial charge in [-0.25, -0.2) is 4.39 Å². The third-order valence-corrected chi connectivity index (χ3v) is 3.92. The van der Waals surface area contributed by atoms with Crippen LogP contribution < -0.4 is 5.32 Å². The van der Waals surface area contributed by atoms with Crippen molar-refractivity contribution in [1.29, 1.82) is 0 Å². The average molecular weight is 374 g/mol. The number of hydrogen-bond donors (Lipinski definition) is 1. The number of hydrogen-bond acceptors (Lipinski definition) is 2. The Balaban J connectivity index is 0.00000162. The van der Waals surface area contributed by atoms with Gasteiger partial charge >= 0.3 is 0 Å².